The molecule has 1 heterocycles. The van der Waals surface area contributed by atoms with Crippen molar-refractivity contribution in [1.82, 2.24) is 0 Å². The summed E-state index contributed by atoms with van der Waals surface area (Å²) in [6, 6.07) is 0. The lowest BCUT2D eigenvalue weighted by Crippen LogP contribution is -2.32. The van der Waals surface area contributed by atoms with Crippen molar-refractivity contribution in [3.05, 3.63) is 0 Å². The third-order valence-corrected chi connectivity index (χ3v) is 2.84. The highest BCUT2D eigenvalue weighted by atomic mass is 16.5. The molecule has 0 aromatic heterocycles. The molecule has 0 aromatic carbocycles. The van der Waals surface area contributed by atoms with Crippen LogP contribution in [0.3, 0.4) is 0 Å². The van der Waals surface area contributed by atoms with Crippen molar-refractivity contribution in [3.63, 3.8) is 0 Å². The molecule has 2 fully saturated rings. The van der Waals surface area contributed by atoms with E-state index in [-0.39, 0.29) is 0 Å². The van der Waals surface area contributed by atoms with Gasteiger partial charge in [-0.25, -0.2) is 0 Å². The van der Waals surface area contributed by atoms with Gasteiger partial charge in [-0.15, -0.1) is 0 Å². The zero-order valence-corrected chi connectivity index (χ0v) is 6.31. The lowest BCUT2D eigenvalue weighted by molar-refractivity contribution is -0.0194. The van der Waals surface area contributed by atoms with Crippen molar-refractivity contribution in [2.24, 2.45) is 11.1 Å². The SMILES string of the molecule is NCC1CCC2(CC2)CO1. The zero-order chi connectivity index (χ0) is 7.03. The molecule has 2 rings (SSSR count). The van der Waals surface area contributed by atoms with E-state index >= 15 is 0 Å². The fourth-order valence-electron chi connectivity index (χ4n) is 1.67. The van der Waals surface area contributed by atoms with Gasteiger partial charge in [-0.3, -0.25) is 0 Å². The molecule has 2 aliphatic rings. The number of ether oxygens (including phenoxy) is 1. The molecule has 1 saturated heterocycles. The molecular formula is C8H15NO. The smallest absolute Gasteiger partial charge is 0.0697 e. The number of hydrogen-bond acceptors (Lipinski definition) is 2. The van der Waals surface area contributed by atoms with Gasteiger partial charge in [-0.2, -0.15) is 0 Å². The van der Waals surface area contributed by atoms with Gasteiger partial charge in [0.05, 0.1) is 12.7 Å². The minimum absolute atomic E-state index is 0.367. The largest absolute Gasteiger partial charge is 0.376 e. The van der Waals surface area contributed by atoms with Crippen molar-refractivity contribution < 1.29 is 4.74 Å². The van der Waals surface area contributed by atoms with E-state index in [1.165, 1.54) is 25.7 Å². The normalized spacial score (nSPS) is 36.3. The fraction of sp³-hybridized carbons (Fsp3) is 1.00. The summed E-state index contributed by atoms with van der Waals surface area (Å²) in [4.78, 5) is 0. The Morgan fingerprint density at radius 1 is 1.40 bits per heavy atom. The van der Waals surface area contributed by atoms with E-state index in [2.05, 4.69) is 0 Å². The minimum atomic E-state index is 0.367. The predicted octanol–water partition coefficient (Wildman–Crippen LogP) is 0.904. The average molecular weight is 141 g/mol. The van der Waals surface area contributed by atoms with E-state index in [4.69, 9.17) is 10.5 Å². The van der Waals surface area contributed by atoms with Gasteiger partial charge in [0.25, 0.3) is 0 Å². The molecule has 1 saturated carbocycles. The lowest BCUT2D eigenvalue weighted by Gasteiger charge is -2.27. The molecule has 58 valence electrons. The highest BCUT2D eigenvalue weighted by molar-refractivity contribution is 4.95. The maximum atomic E-state index is 5.58. The summed E-state index contributed by atoms with van der Waals surface area (Å²) in [5, 5.41) is 0. The quantitative estimate of drug-likeness (QED) is 0.589. The standard InChI is InChI=1S/C8H15NO/c9-5-7-1-2-8(3-4-8)6-10-7/h7H,1-6,9H2. The first-order valence-electron chi connectivity index (χ1n) is 4.16. The first-order chi connectivity index (χ1) is 4.85. The van der Waals surface area contributed by atoms with Crippen LogP contribution in [0, 0.1) is 5.41 Å². The van der Waals surface area contributed by atoms with E-state index in [9.17, 15) is 0 Å². The zero-order valence-electron chi connectivity index (χ0n) is 6.31. The number of nitrogens with two attached hydrogens (primary N) is 1. The van der Waals surface area contributed by atoms with Gasteiger partial charge in [0.1, 0.15) is 0 Å². The van der Waals surface area contributed by atoms with Crippen LogP contribution in [0.5, 0.6) is 0 Å². The summed E-state index contributed by atoms with van der Waals surface area (Å²) in [5.74, 6) is 0. The Balaban J connectivity index is 1.84. The summed E-state index contributed by atoms with van der Waals surface area (Å²) in [5.41, 5.74) is 6.12. The summed E-state index contributed by atoms with van der Waals surface area (Å²) < 4.78 is 5.58. The molecule has 0 amide bonds. The Bertz CT molecular complexity index is 121. The van der Waals surface area contributed by atoms with Crippen molar-refractivity contribution in [1.29, 1.82) is 0 Å². The second-order valence-corrected chi connectivity index (χ2v) is 3.71. The van der Waals surface area contributed by atoms with Crippen molar-refractivity contribution in [2.75, 3.05) is 13.2 Å². The maximum Gasteiger partial charge on any atom is 0.0697 e. The Morgan fingerprint density at radius 3 is 2.60 bits per heavy atom. The molecule has 0 bridgehead atoms. The summed E-state index contributed by atoms with van der Waals surface area (Å²) in [6.07, 6.45) is 5.70. The van der Waals surface area contributed by atoms with E-state index in [0.29, 0.717) is 18.1 Å². The molecule has 0 radical (unpaired) electrons. The molecule has 1 aliphatic heterocycles. The first kappa shape index (κ1) is 6.62. The van der Waals surface area contributed by atoms with Crippen LogP contribution < -0.4 is 5.73 Å². The number of rotatable bonds is 1. The van der Waals surface area contributed by atoms with E-state index < -0.39 is 0 Å². The van der Waals surface area contributed by atoms with Crippen molar-refractivity contribution in [3.8, 4) is 0 Å². The Labute approximate surface area is 61.7 Å². The van der Waals surface area contributed by atoms with Crippen LogP contribution >= 0.6 is 0 Å². The monoisotopic (exact) mass is 141 g/mol. The molecule has 1 atom stereocenters. The van der Waals surface area contributed by atoms with Crippen molar-refractivity contribution >= 4 is 0 Å². The summed E-state index contributed by atoms with van der Waals surface area (Å²) in [7, 11) is 0. The van der Waals surface area contributed by atoms with Crippen LogP contribution in [0.1, 0.15) is 25.7 Å². The lowest BCUT2D eigenvalue weighted by atomic mass is 9.96. The van der Waals surface area contributed by atoms with E-state index in [1.54, 1.807) is 0 Å². The van der Waals surface area contributed by atoms with Gasteiger partial charge in [-0.1, -0.05) is 0 Å². The summed E-state index contributed by atoms with van der Waals surface area (Å²) in [6.45, 7) is 1.69. The van der Waals surface area contributed by atoms with Gasteiger partial charge in [0.2, 0.25) is 0 Å². The second-order valence-electron chi connectivity index (χ2n) is 3.71. The highest BCUT2D eigenvalue weighted by Gasteiger charge is 2.45. The van der Waals surface area contributed by atoms with Gasteiger partial charge in [0.15, 0.2) is 0 Å². The third-order valence-electron chi connectivity index (χ3n) is 2.84. The maximum absolute atomic E-state index is 5.58. The topological polar surface area (TPSA) is 35.2 Å². The molecule has 1 spiro atoms. The second kappa shape index (κ2) is 2.21. The summed E-state index contributed by atoms with van der Waals surface area (Å²) >= 11 is 0. The Hall–Kier alpha value is -0.0800. The minimum Gasteiger partial charge on any atom is -0.376 e. The fourth-order valence-corrected chi connectivity index (χ4v) is 1.67. The Kier molecular flexibility index (Phi) is 1.46. The first-order valence-corrected chi connectivity index (χ1v) is 4.16. The third kappa shape index (κ3) is 1.06. The van der Waals surface area contributed by atoms with E-state index in [1.807, 2.05) is 0 Å². The van der Waals surface area contributed by atoms with Crippen LogP contribution in [0.4, 0.5) is 0 Å². The van der Waals surface area contributed by atoms with Gasteiger partial charge >= 0.3 is 0 Å². The van der Waals surface area contributed by atoms with Crippen LogP contribution in [0.15, 0.2) is 0 Å². The van der Waals surface area contributed by atoms with Crippen LogP contribution in [0.2, 0.25) is 0 Å². The molecule has 1 unspecified atom stereocenters. The molecule has 10 heavy (non-hydrogen) atoms. The van der Waals surface area contributed by atoms with E-state index in [0.717, 1.165) is 6.61 Å². The van der Waals surface area contributed by atoms with Gasteiger partial charge < -0.3 is 10.5 Å². The molecule has 1 aliphatic carbocycles. The molecule has 2 N–H and O–H groups in total. The predicted molar refractivity (Wildman–Crippen MR) is 39.7 cm³/mol. The van der Waals surface area contributed by atoms with Crippen LogP contribution in [0.25, 0.3) is 0 Å². The Morgan fingerprint density at radius 2 is 2.20 bits per heavy atom. The molecule has 2 nitrogen and oxygen atoms in total. The molecule has 2 heteroatoms. The molecular weight excluding hydrogens is 126 g/mol. The highest BCUT2D eigenvalue weighted by Crippen LogP contribution is 2.52. The van der Waals surface area contributed by atoms with Gasteiger partial charge in [0, 0.05) is 6.54 Å². The average Bonchev–Trinajstić information content (AvgIpc) is 2.72. The van der Waals surface area contributed by atoms with Crippen molar-refractivity contribution in [2.45, 2.75) is 31.8 Å². The van der Waals surface area contributed by atoms with Crippen LogP contribution in [-0.4, -0.2) is 19.3 Å². The molecule has 0 aromatic rings. The van der Waals surface area contributed by atoms with Gasteiger partial charge in [-0.05, 0) is 31.1 Å². The number of hydrogen-bond donors (Lipinski definition) is 1. The van der Waals surface area contributed by atoms with Crippen LogP contribution in [-0.2, 0) is 4.74 Å².